The number of likely N-dealkylation sites (tertiary alicyclic amines) is 1. The summed E-state index contributed by atoms with van der Waals surface area (Å²) in [5.41, 5.74) is -0.433. The van der Waals surface area contributed by atoms with Gasteiger partial charge in [-0.05, 0) is 55.7 Å². The van der Waals surface area contributed by atoms with Crippen LogP contribution in [-0.4, -0.2) is 36.5 Å². The van der Waals surface area contributed by atoms with E-state index in [1.54, 1.807) is 13.0 Å². The Bertz CT molecular complexity index is 626. The Morgan fingerprint density at radius 2 is 1.81 bits per heavy atom. The Morgan fingerprint density at radius 1 is 1.19 bits per heavy atom. The fourth-order valence-corrected chi connectivity index (χ4v) is 3.67. The smallest absolute Gasteiger partial charge is 0.343 e. The van der Waals surface area contributed by atoms with E-state index in [1.807, 2.05) is 4.90 Å². The molecule has 7 heteroatoms. The minimum atomic E-state index is -4.39. The molecule has 3 nitrogen and oxygen atoms in total. The zero-order valence-corrected chi connectivity index (χ0v) is 16.4. The first kappa shape index (κ1) is 22.0. The van der Waals surface area contributed by atoms with Gasteiger partial charge in [-0.15, -0.1) is 12.4 Å². The normalized spacial score (nSPS) is 19.5. The van der Waals surface area contributed by atoms with Crippen LogP contribution in [-0.2, 0) is 11.0 Å². The SMILES string of the molecule is CC(CC(=O)N1CCC(NCC2CC2)CC1)c1ccccc1C(F)(F)F.Cl. The fourth-order valence-electron chi connectivity index (χ4n) is 3.67. The number of halogens is 4. The third kappa shape index (κ3) is 6.11. The Balaban J connectivity index is 0.00000261. The van der Waals surface area contributed by atoms with E-state index in [4.69, 9.17) is 0 Å². The van der Waals surface area contributed by atoms with Gasteiger partial charge >= 0.3 is 6.18 Å². The van der Waals surface area contributed by atoms with Gasteiger partial charge in [-0.3, -0.25) is 4.79 Å². The van der Waals surface area contributed by atoms with Gasteiger partial charge in [0.1, 0.15) is 0 Å². The molecule has 1 amide bonds. The van der Waals surface area contributed by atoms with Gasteiger partial charge in [-0.2, -0.15) is 13.2 Å². The molecule has 1 heterocycles. The molecule has 1 aromatic carbocycles. The lowest BCUT2D eigenvalue weighted by Crippen LogP contribution is -2.45. The first-order valence-electron chi connectivity index (χ1n) is 9.52. The highest BCUT2D eigenvalue weighted by molar-refractivity contribution is 5.85. The van der Waals surface area contributed by atoms with Gasteiger partial charge in [0.25, 0.3) is 0 Å². The summed E-state index contributed by atoms with van der Waals surface area (Å²) in [4.78, 5) is 14.4. The monoisotopic (exact) mass is 404 g/mol. The Kier molecular flexibility index (Phi) is 7.57. The van der Waals surface area contributed by atoms with E-state index in [0.717, 1.165) is 31.4 Å². The summed E-state index contributed by atoms with van der Waals surface area (Å²) in [6.45, 7) is 4.15. The molecule has 0 aromatic heterocycles. The highest BCUT2D eigenvalue weighted by atomic mass is 35.5. The van der Waals surface area contributed by atoms with E-state index in [1.165, 1.54) is 25.0 Å². The molecule has 1 N–H and O–H groups in total. The minimum absolute atomic E-state index is 0. The van der Waals surface area contributed by atoms with Crippen molar-refractivity contribution in [3.8, 4) is 0 Å². The van der Waals surface area contributed by atoms with Crippen molar-refractivity contribution in [2.24, 2.45) is 5.92 Å². The second-order valence-corrected chi connectivity index (χ2v) is 7.70. The number of hydrogen-bond donors (Lipinski definition) is 1. The molecule has 0 spiro atoms. The highest BCUT2D eigenvalue weighted by Gasteiger charge is 2.35. The first-order valence-corrected chi connectivity index (χ1v) is 9.52. The van der Waals surface area contributed by atoms with Crippen molar-refractivity contribution in [1.82, 2.24) is 10.2 Å². The van der Waals surface area contributed by atoms with Crippen LogP contribution in [0.1, 0.15) is 56.1 Å². The van der Waals surface area contributed by atoms with Crippen molar-refractivity contribution >= 4 is 18.3 Å². The first-order chi connectivity index (χ1) is 12.3. The van der Waals surface area contributed by atoms with Crippen LogP contribution >= 0.6 is 12.4 Å². The van der Waals surface area contributed by atoms with Crippen molar-refractivity contribution < 1.29 is 18.0 Å². The van der Waals surface area contributed by atoms with Crippen molar-refractivity contribution in [2.45, 2.75) is 57.2 Å². The van der Waals surface area contributed by atoms with Crippen LogP contribution in [0.3, 0.4) is 0 Å². The lowest BCUT2D eigenvalue weighted by molar-refractivity contribution is -0.139. The summed E-state index contributed by atoms with van der Waals surface area (Å²) < 4.78 is 39.5. The van der Waals surface area contributed by atoms with Crippen molar-refractivity contribution in [1.29, 1.82) is 0 Å². The van der Waals surface area contributed by atoms with E-state index in [2.05, 4.69) is 5.32 Å². The zero-order valence-electron chi connectivity index (χ0n) is 15.6. The summed E-state index contributed by atoms with van der Waals surface area (Å²) in [6, 6.07) is 6.02. The molecule has 1 aliphatic heterocycles. The van der Waals surface area contributed by atoms with Crippen LogP contribution in [0.25, 0.3) is 0 Å². The summed E-state index contributed by atoms with van der Waals surface area (Å²) in [5, 5.41) is 3.57. The van der Waals surface area contributed by atoms with E-state index >= 15 is 0 Å². The molecule has 1 atom stereocenters. The number of rotatable bonds is 6. The molecule has 1 saturated carbocycles. The maximum atomic E-state index is 13.2. The zero-order chi connectivity index (χ0) is 18.7. The van der Waals surface area contributed by atoms with Gasteiger partial charge < -0.3 is 10.2 Å². The number of nitrogens with zero attached hydrogens (tertiary/aromatic N) is 1. The number of benzene rings is 1. The fraction of sp³-hybridized carbons (Fsp3) is 0.650. The standard InChI is InChI=1S/C20H27F3N2O.ClH/c1-14(17-4-2-3-5-18(17)20(21,22)23)12-19(26)25-10-8-16(9-11-25)24-13-15-6-7-15;/h2-5,14-16,24H,6-13H2,1H3;1H. The van der Waals surface area contributed by atoms with E-state index in [9.17, 15) is 18.0 Å². The summed E-state index contributed by atoms with van der Waals surface area (Å²) in [7, 11) is 0. The summed E-state index contributed by atoms with van der Waals surface area (Å²) in [6.07, 6.45) is 0.216. The molecule has 2 fully saturated rings. The van der Waals surface area contributed by atoms with Gasteiger partial charge in [0, 0.05) is 25.6 Å². The molecule has 152 valence electrons. The number of carbonyl (C=O) groups excluding carboxylic acids is 1. The molecule has 0 radical (unpaired) electrons. The van der Waals surface area contributed by atoms with E-state index in [-0.39, 0.29) is 30.3 Å². The second-order valence-electron chi connectivity index (χ2n) is 7.70. The third-order valence-electron chi connectivity index (χ3n) is 5.52. The number of piperidine rings is 1. The quantitative estimate of drug-likeness (QED) is 0.750. The van der Waals surface area contributed by atoms with Crippen molar-refractivity contribution in [3.05, 3.63) is 35.4 Å². The number of hydrogen-bond acceptors (Lipinski definition) is 2. The largest absolute Gasteiger partial charge is 0.416 e. The molecule has 1 unspecified atom stereocenters. The minimum Gasteiger partial charge on any atom is -0.343 e. The van der Waals surface area contributed by atoms with Crippen molar-refractivity contribution in [2.75, 3.05) is 19.6 Å². The predicted molar refractivity (Wildman–Crippen MR) is 102 cm³/mol. The number of alkyl halides is 3. The van der Waals surface area contributed by atoms with Gasteiger partial charge in [-0.1, -0.05) is 25.1 Å². The second kappa shape index (κ2) is 9.28. The molecule has 1 aliphatic carbocycles. The van der Waals surface area contributed by atoms with Crippen LogP contribution in [0, 0.1) is 5.92 Å². The Hall–Kier alpha value is -1.27. The number of nitrogens with one attached hydrogen (secondary N) is 1. The van der Waals surface area contributed by atoms with Gasteiger partial charge in [0.05, 0.1) is 5.56 Å². The molecular weight excluding hydrogens is 377 g/mol. The predicted octanol–water partition coefficient (Wildman–Crippen LogP) is 4.61. The van der Waals surface area contributed by atoms with Crippen LogP contribution in [0.2, 0.25) is 0 Å². The number of carbonyl (C=O) groups is 1. The molecular formula is C20H28ClF3N2O. The van der Waals surface area contributed by atoms with Crippen LogP contribution in [0.5, 0.6) is 0 Å². The molecule has 27 heavy (non-hydrogen) atoms. The summed E-state index contributed by atoms with van der Waals surface area (Å²) in [5.74, 6) is 0.338. The van der Waals surface area contributed by atoms with Crippen LogP contribution in [0.15, 0.2) is 24.3 Å². The van der Waals surface area contributed by atoms with E-state index < -0.39 is 17.7 Å². The Morgan fingerprint density at radius 3 is 2.41 bits per heavy atom. The topological polar surface area (TPSA) is 32.3 Å². The maximum absolute atomic E-state index is 13.2. The van der Waals surface area contributed by atoms with Gasteiger partial charge in [0.2, 0.25) is 5.91 Å². The number of amides is 1. The third-order valence-corrected chi connectivity index (χ3v) is 5.52. The maximum Gasteiger partial charge on any atom is 0.416 e. The van der Waals surface area contributed by atoms with E-state index in [0.29, 0.717) is 19.1 Å². The van der Waals surface area contributed by atoms with Crippen LogP contribution < -0.4 is 5.32 Å². The Labute approximate surface area is 165 Å². The average Bonchev–Trinajstić information content (AvgIpc) is 3.44. The molecule has 0 bridgehead atoms. The lowest BCUT2D eigenvalue weighted by Gasteiger charge is -2.33. The van der Waals surface area contributed by atoms with Gasteiger partial charge in [0.15, 0.2) is 0 Å². The highest BCUT2D eigenvalue weighted by Crippen LogP contribution is 2.36. The van der Waals surface area contributed by atoms with Gasteiger partial charge in [-0.25, -0.2) is 0 Å². The molecule has 3 rings (SSSR count). The summed E-state index contributed by atoms with van der Waals surface area (Å²) >= 11 is 0. The lowest BCUT2D eigenvalue weighted by atomic mass is 9.92. The molecule has 2 aliphatic rings. The molecule has 1 saturated heterocycles. The average molecular weight is 405 g/mol. The van der Waals surface area contributed by atoms with Crippen LogP contribution in [0.4, 0.5) is 13.2 Å². The molecule has 1 aromatic rings. The van der Waals surface area contributed by atoms with Crippen molar-refractivity contribution in [3.63, 3.8) is 0 Å².